The van der Waals surface area contributed by atoms with E-state index in [0.29, 0.717) is 25.3 Å². The maximum atomic E-state index is 13.5. The van der Waals surface area contributed by atoms with Crippen molar-refractivity contribution in [1.29, 1.82) is 0 Å². The maximum absolute atomic E-state index is 13.5. The number of hydrogen-bond acceptors (Lipinski definition) is 5. The predicted octanol–water partition coefficient (Wildman–Crippen LogP) is 2.18. The number of ether oxygens (including phenoxy) is 1. The topological polar surface area (TPSA) is 79.0 Å². The van der Waals surface area contributed by atoms with Gasteiger partial charge < -0.3 is 25.4 Å². The minimum atomic E-state index is -0.202. The molecule has 2 aromatic carbocycles. The number of nitrogens with two attached hydrogens (primary N) is 1. The normalized spacial score (nSPS) is 23.5. The second-order valence-corrected chi connectivity index (χ2v) is 8.20. The number of aliphatic hydroxyl groups is 1. The van der Waals surface area contributed by atoms with Crippen LogP contribution in [0.25, 0.3) is 0 Å². The van der Waals surface area contributed by atoms with Crippen molar-refractivity contribution >= 4 is 5.91 Å². The third-order valence-corrected chi connectivity index (χ3v) is 6.16. The average molecular weight is 410 g/mol. The molecule has 0 aromatic heterocycles. The fourth-order valence-electron chi connectivity index (χ4n) is 4.51. The number of likely N-dealkylation sites (tertiary alicyclic amines) is 1. The monoisotopic (exact) mass is 409 g/mol. The molecular weight excluding hydrogens is 378 g/mol. The summed E-state index contributed by atoms with van der Waals surface area (Å²) >= 11 is 0. The van der Waals surface area contributed by atoms with Gasteiger partial charge in [-0.05, 0) is 36.1 Å². The lowest BCUT2D eigenvalue weighted by Gasteiger charge is -2.44. The number of carbonyl (C=O) groups excluding carboxylic acids is 1. The average Bonchev–Trinajstić information content (AvgIpc) is 2.80. The van der Waals surface area contributed by atoms with Gasteiger partial charge in [-0.15, -0.1) is 0 Å². The van der Waals surface area contributed by atoms with E-state index in [9.17, 15) is 9.90 Å². The largest absolute Gasteiger partial charge is 0.393 e. The van der Waals surface area contributed by atoms with Gasteiger partial charge in [-0.1, -0.05) is 42.5 Å². The van der Waals surface area contributed by atoms with Crippen LogP contribution in [-0.2, 0) is 11.3 Å². The molecule has 1 amide bonds. The Morgan fingerprint density at radius 2 is 1.83 bits per heavy atom. The Morgan fingerprint density at radius 1 is 1.07 bits per heavy atom. The fourth-order valence-corrected chi connectivity index (χ4v) is 4.51. The molecule has 2 heterocycles. The SMILES string of the molecule is NCc1cccc(C(=O)N2CCO[C@@H](CN3CCC(O)CC3)[C@@H]2c2ccccc2)c1. The van der Waals surface area contributed by atoms with Crippen LogP contribution in [0.15, 0.2) is 54.6 Å². The van der Waals surface area contributed by atoms with Crippen LogP contribution in [0.1, 0.15) is 40.4 Å². The first-order valence-electron chi connectivity index (χ1n) is 10.8. The first-order chi connectivity index (χ1) is 14.7. The van der Waals surface area contributed by atoms with Crippen molar-refractivity contribution in [3.8, 4) is 0 Å². The van der Waals surface area contributed by atoms with Crippen LogP contribution in [0.4, 0.5) is 0 Å². The van der Waals surface area contributed by atoms with E-state index in [1.807, 2.05) is 47.4 Å². The highest BCUT2D eigenvalue weighted by molar-refractivity contribution is 5.94. The summed E-state index contributed by atoms with van der Waals surface area (Å²) in [5, 5.41) is 9.83. The van der Waals surface area contributed by atoms with E-state index in [1.165, 1.54) is 0 Å². The number of piperidine rings is 1. The summed E-state index contributed by atoms with van der Waals surface area (Å²) in [4.78, 5) is 17.8. The number of carbonyl (C=O) groups is 1. The molecule has 2 aliphatic heterocycles. The molecule has 2 atom stereocenters. The van der Waals surface area contributed by atoms with Crippen molar-refractivity contribution in [3.05, 3.63) is 71.3 Å². The highest BCUT2D eigenvalue weighted by Gasteiger charge is 2.38. The molecule has 6 heteroatoms. The lowest BCUT2D eigenvalue weighted by Crippen LogP contribution is -2.52. The number of rotatable bonds is 5. The van der Waals surface area contributed by atoms with E-state index in [2.05, 4.69) is 17.0 Å². The molecule has 160 valence electrons. The number of benzene rings is 2. The van der Waals surface area contributed by atoms with Gasteiger partial charge in [-0.3, -0.25) is 4.79 Å². The van der Waals surface area contributed by atoms with E-state index in [-0.39, 0.29) is 24.2 Å². The van der Waals surface area contributed by atoms with E-state index in [4.69, 9.17) is 10.5 Å². The lowest BCUT2D eigenvalue weighted by atomic mass is 9.95. The molecule has 0 saturated carbocycles. The van der Waals surface area contributed by atoms with Gasteiger partial charge in [0, 0.05) is 38.3 Å². The van der Waals surface area contributed by atoms with Crippen LogP contribution in [0, 0.1) is 0 Å². The standard InChI is InChI=1S/C24H31N3O3/c25-16-18-5-4-8-20(15-18)24(29)27-13-14-30-22(17-26-11-9-21(28)10-12-26)23(27)19-6-2-1-3-7-19/h1-8,15,21-23,28H,9-14,16-17,25H2/t22-,23-/m0/s1. The predicted molar refractivity (Wildman–Crippen MR) is 116 cm³/mol. The van der Waals surface area contributed by atoms with E-state index >= 15 is 0 Å². The summed E-state index contributed by atoms with van der Waals surface area (Å²) < 4.78 is 6.22. The Labute approximate surface area is 178 Å². The van der Waals surface area contributed by atoms with E-state index in [0.717, 1.165) is 43.6 Å². The van der Waals surface area contributed by atoms with Crippen LogP contribution in [0.3, 0.4) is 0 Å². The molecule has 6 nitrogen and oxygen atoms in total. The molecule has 2 fully saturated rings. The fraction of sp³-hybridized carbons (Fsp3) is 0.458. The van der Waals surface area contributed by atoms with Gasteiger partial charge in [0.25, 0.3) is 5.91 Å². The summed E-state index contributed by atoms with van der Waals surface area (Å²) in [6.45, 7) is 3.95. The Balaban J connectivity index is 1.60. The molecule has 0 radical (unpaired) electrons. The quantitative estimate of drug-likeness (QED) is 0.791. The van der Waals surface area contributed by atoms with Crippen LogP contribution in [0.5, 0.6) is 0 Å². The van der Waals surface area contributed by atoms with Gasteiger partial charge in [0.05, 0.1) is 24.9 Å². The molecule has 0 unspecified atom stereocenters. The number of hydrogen-bond donors (Lipinski definition) is 2. The van der Waals surface area contributed by atoms with Crippen molar-refractivity contribution in [3.63, 3.8) is 0 Å². The Kier molecular flexibility index (Phi) is 6.79. The Bertz CT molecular complexity index is 837. The van der Waals surface area contributed by atoms with Crippen LogP contribution in [-0.4, -0.2) is 65.8 Å². The first-order valence-corrected chi connectivity index (χ1v) is 10.8. The van der Waals surface area contributed by atoms with Gasteiger partial charge in [0.2, 0.25) is 0 Å². The Hall–Kier alpha value is -2.25. The zero-order chi connectivity index (χ0) is 20.9. The zero-order valence-corrected chi connectivity index (χ0v) is 17.3. The van der Waals surface area contributed by atoms with E-state index in [1.54, 1.807) is 0 Å². The molecule has 0 bridgehead atoms. The summed E-state index contributed by atoms with van der Waals surface area (Å²) in [5.41, 5.74) is 8.49. The summed E-state index contributed by atoms with van der Waals surface area (Å²) in [7, 11) is 0. The number of amides is 1. The molecule has 3 N–H and O–H groups in total. The second-order valence-electron chi connectivity index (χ2n) is 8.20. The summed E-state index contributed by atoms with van der Waals surface area (Å²) in [6.07, 6.45) is 1.26. The molecule has 2 aromatic rings. The molecule has 0 spiro atoms. The van der Waals surface area contributed by atoms with Gasteiger partial charge in [-0.25, -0.2) is 0 Å². The van der Waals surface area contributed by atoms with Crippen molar-refractivity contribution in [2.45, 2.75) is 37.6 Å². The summed E-state index contributed by atoms with van der Waals surface area (Å²) in [6, 6.07) is 17.6. The van der Waals surface area contributed by atoms with Crippen LogP contribution in [0.2, 0.25) is 0 Å². The molecule has 0 aliphatic carbocycles. The van der Waals surface area contributed by atoms with E-state index < -0.39 is 0 Å². The first kappa shape index (κ1) is 21.0. The molecule has 4 rings (SSSR count). The minimum absolute atomic E-state index is 0.0153. The van der Waals surface area contributed by atoms with Gasteiger partial charge in [0.1, 0.15) is 0 Å². The van der Waals surface area contributed by atoms with Crippen molar-refractivity contribution in [1.82, 2.24) is 9.80 Å². The summed E-state index contributed by atoms with van der Waals surface area (Å²) in [5.74, 6) is 0.0153. The van der Waals surface area contributed by atoms with Crippen molar-refractivity contribution in [2.24, 2.45) is 5.73 Å². The highest BCUT2D eigenvalue weighted by atomic mass is 16.5. The van der Waals surface area contributed by atoms with Crippen LogP contribution < -0.4 is 5.73 Å². The smallest absolute Gasteiger partial charge is 0.254 e. The molecule has 2 saturated heterocycles. The molecule has 30 heavy (non-hydrogen) atoms. The van der Waals surface area contributed by atoms with Crippen LogP contribution >= 0.6 is 0 Å². The van der Waals surface area contributed by atoms with Gasteiger partial charge >= 0.3 is 0 Å². The molecular formula is C24H31N3O3. The van der Waals surface area contributed by atoms with Crippen molar-refractivity contribution in [2.75, 3.05) is 32.8 Å². The lowest BCUT2D eigenvalue weighted by molar-refractivity contribution is -0.0770. The van der Waals surface area contributed by atoms with Gasteiger partial charge in [-0.2, -0.15) is 0 Å². The zero-order valence-electron chi connectivity index (χ0n) is 17.3. The maximum Gasteiger partial charge on any atom is 0.254 e. The number of nitrogens with zero attached hydrogens (tertiary/aromatic N) is 2. The molecule has 2 aliphatic rings. The number of aliphatic hydroxyl groups excluding tert-OH is 1. The highest BCUT2D eigenvalue weighted by Crippen LogP contribution is 2.32. The minimum Gasteiger partial charge on any atom is -0.393 e. The number of morpholine rings is 1. The third kappa shape index (κ3) is 4.73. The van der Waals surface area contributed by atoms with Gasteiger partial charge in [0.15, 0.2) is 0 Å². The second kappa shape index (κ2) is 9.71. The third-order valence-electron chi connectivity index (χ3n) is 6.16. The Morgan fingerprint density at radius 3 is 2.57 bits per heavy atom. The van der Waals surface area contributed by atoms with Crippen molar-refractivity contribution < 1.29 is 14.6 Å².